The third kappa shape index (κ3) is 8.41. The zero-order valence-corrected chi connectivity index (χ0v) is 23.6. The van der Waals surface area contributed by atoms with E-state index in [2.05, 4.69) is 16.0 Å². The number of rotatable bonds is 11. The Morgan fingerprint density at radius 2 is 1.59 bits per heavy atom. The van der Waals surface area contributed by atoms with E-state index >= 15 is 0 Å². The second-order valence-corrected chi connectivity index (χ2v) is 10.9. The molecule has 208 valence electrons. The van der Waals surface area contributed by atoms with Gasteiger partial charge in [0.25, 0.3) is 11.8 Å². The highest BCUT2D eigenvalue weighted by Crippen LogP contribution is 2.29. The number of amides is 3. The number of hydrogen-bond donors (Lipinski definition) is 4. The molecule has 0 aliphatic heterocycles. The van der Waals surface area contributed by atoms with Gasteiger partial charge in [0.15, 0.2) is 0 Å². The number of aromatic carboxylic acids is 1. The minimum absolute atomic E-state index is 0.0827. The van der Waals surface area contributed by atoms with Gasteiger partial charge < -0.3 is 21.1 Å². The van der Waals surface area contributed by atoms with E-state index in [9.17, 15) is 24.3 Å². The third-order valence-electron chi connectivity index (χ3n) is 5.79. The first-order valence-electron chi connectivity index (χ1n) is 12.6. The molecule has 0 fully saturated rings. The molecule has 0 saturated heterocycles. The Bertz CT molecular complexity index is 1570. The van der Waals surface area contributed by atoms with Crippen molar-refractivity contribution in [2.45, 2.75) is 23.5 Å². The molecule has 1 atom stereocenters. The monoisotopic (exact) mass is 585 g/mol. The molecule has 4 N–H and O–H groups in total. The Morgan fingerprint density at radius 3 is 2.27 bits per heavy atom. The van der Waals surface area contributed by atoms with Crippen molar-refractivity contribution >= 4 is 64.2 Å². The second kappa shape index (κ2) is 14.1. The van der Waals surface area contributed by atoms with Gasteiger partial charge in [-0.3, -0.25) is 14.4 Å². The zero-order valence-electron chi connectivity index (χ0n) is 22.0. The van der Waals surface area contributed by atoms with Crippen molar-refractivity contribution in [3.63, 3.8) is 0 Å². The molecule has 4 rings (SSSR count). The van der Waals surface area contributed by atoms with Gasteiger partial charge in [0.05, 0.1) is 10.8 Å². The Kier molecular flexibility index (Phi) is 10.1. The van der Waals surface area contributed by atoms with Gasteiger partial charge in [-0.05, 0) is 83.4 Å². The van der Waals surface area contributed by atoms with Crippen LogP contribution in [0, 0.1) is 0 Å². The molecule has 1 heterocycles. The van der Waals surface area contributed by atoms with Crippen molar-refractivity contribution in [3.8, 4) is 0 Å². The Hall–Kier alpha value is -4.67. The van der Waals surface area contributed by atoms with Crippen molar-refractivity contribution in [1.82, 2.24) is 5.32 Å². The Labute approximate surface area is 245 Å². The molecule has 0 aliphatic carbocycles. The standard InChI is InChI=1S/C31H27N3O5S2/c1-2-27(30(37)33-23-11-6-10-22(17-23)31(38)39)41-25-13-7-12-24(18-25)32-29(36)26(16-20-14-15-40-19-20)34-28(35)21-8-4-3-5-9-21/h3-19,27H,2H2,1H3,(H,32,36)(H,33,37)(H,34,35)(H,38,39)/b26-16-. The number of carboxylic acid groups (broad SMARTS) is 1. The molecule has 0 spiro atoms. The highest BCUT2D eigenvalue weighted by Gasteiger charge is 2.20. The van der Waals surface area contributed by atoms with Crippen LogP contribution in [0.1, 0.15) is 39.6 Å². The number of carbonyl (C=O) groups is 4. The summed E-state index contributed by atoms with van der Waals surface area (Å²) >= 11 is 2.80. The van der Waals surface area contributed by atoms with Crippen LogP contribution in [0.2, 0.25) is 0 Å². The summed E-state index contributed by atoms with van der Waals surface area (Å²) in [7, 11) is 0. The van der Waals surface area contributed by atoms with Crippen LogP contribution in [0.15, 0.2) is 106 Å². The first-order valence-corrected chi connectivity index (χ1v) is 14.5. The van der Waals surface area contributed by atoms with Crippen molar-refractivity contribution in [1.29, 1.82) is 0 Å². The van der Waals surface area contributed by atoms with E-state index in [-0.39, 0.29) is 17.2 Å². The van der Waals surface area contributed by atoms with Gasteiger partial charge in [-0.15, -0.1) is 11.8 Å². The minimum Gasteiger partial charge on any atom is -0.478 e. The molecule has 10 heteroatoms. The summed E-state index contributed by atoms with van der Waals surface area (Å²) in [6.07, 6.45) is 2.13. The van der Waals surface area contributed by atoms with Crippen LogP contribution in [0.5, 0.6) is 0 Å². The molecule has 1 aromatic heterocycles. The predicted molar refractivity (Wildman–Crippen MR) is 163 cm³/mol. The number of thioether (sulfide) groups is 1. The van der Waals surface area contributed by atoms with E-state index < -0.39 is 23.0 Å². The first kappa shape index (κ1) is 29.3. The maximum Gasteiger partial charge on any atom is 0.335 e. The maximum atomic E-state index is 13.3. The van der Waals surface area contributed by atoms with Gasteiger partial charge in [0.2, 0.25) is 5.91 Å². The lowest BCUT2D eigenvalue weighted by Crippen LogP contribution is -2.30. The first-order chi connectivity index (χ1) is 19.8. The second-order valence-electron chi connectivity index (χ2n) is 8.81. The molecule has 8 nitrogen and oxygen atoms in total. The summed E-state index contributed by atoms with van der Waals surface area (Å²) in [4.78, 5) is 51.0. The van der Waals surface area contributed by atoms with Crippen molar-refractivity contribution in [3.05, 3.63) is 118 Å². The minimum atomic E-state index is -1.07. The highest BCUT2D eigenvalue weighted by atomic mass is 32.2. The lowest BCUT2D eigenvalue weighted by molar-refractivity contribution is -0.116. The maximum absolute atomic E-state index is 13.3. The molecule has 0 radical (unpaired) electrons. The number of hydrogen-bond acceptors (Lipinski definition) is 6. The fraction of sp³-hybridized carbons (Fsp3) is 0.0968. The van der Waals surface area contributed by atoms with E-state index in [0.717, 1.165) is 10.5 Å². The zero-order chi connectivity index (χ0) is 29.2. The predicted octanol–water partition coefficient (Wildman–Crippen LogP) is 6.37. The summed E-state index contributed by atoms with van der Waals surface area (Å²) in [5, 5.41) is 20.8. The molecule has 0 aliphatic rings. The summed E-state index contributed by atoms with van der Waals surface area (Å²) in [6.45, 7) is 1.88. The molecular weight excluding hydrogens is 558 g/mol. The summed E-state index contributed by atoms with van der Waals surface area (Å²) < 4.78 is 0. The largest absolute Gasteiger partial charge is 0.478 e. The van der Waals surface area contributed by atoms with E-state index in [0.29, 0.717) is 23.4 Å². The Balaban J connectivity index is 1.46. The van der Waals surface area contributed by atoms with Crippen LogP contribution < -0.4 is 16.0 Å². The van der Waals surface area contributed by atoms with E-state index in [1.54, 1.807) is 66.7 Å². The van der Waals surface area contributed by atoms with Gasteiger partial charge in [-0.2, -0.15) is 11.3 Å². The fourth-order valence-corrected chi connectivity index (χ4v) is 5.38. The van der Waals surface area contributed by atoms with Crippen molar-refractivity contribution in [2.24, 2.45) is 0 Å². The van der Waals surface area contributed by atoms with E-state index in [1.807, 2.05) is 29.8 Å². The van der Waals surface area contributed by atoms with Crippen molar-refractivity contribution in [2.75, 3.05) is 10.6 Å². The van der Waals surface area contributed by atoms with Crippen molar-refractivity contribution < 1.29 is 24.3 Å². The van der Waals surface area contributed by atoms with E-state index in [1.165, 1.54) is 35.2 Å². The van der Waals surface area contributed by atoms with Crippen LogP contribution in [0.3, 0.4) is 0 Å². The summed E-state index contributed by atoms with van der Waals surface area (Å²) in [5.41, 5.74) is 2.27. The summed E-state index contributed by atoms with van der Waals surface area (Å²) in [6, 6.07) is 23.6. The van der Waals surface area contributed by atoms with E-state index in [4.69, 9.17) is 0 Å². The molecule has 0 bridgehead atoms. The normalized spacial score (nSPS) is 11.8. The van der Waals surface area contributed by atoms with Gasteiger partial charge >= 0.3 is 5.97 Å². The van der Waals surface area contributed by atoms with Crippen LogP contribution in [-0.4, -0.2) is 34.0 Å². The number of nitrogens with one attached hydrogen (secondary N) is 3. The summed E-state index contributed by atoms with van der Waals surface area (Å²) in [5.74, 6) is -2.24. The SMILES string of the molecule is CCC(Sc1cccc(NC(=O)/C(=C/c2ccsc2)NC(=O)c2ccccc2)c1)C(=O)Nc1cccc(C(=O)O)c1. The van der Waals surface area contributed by atoms with Crippen LogP contribution in [0.4, 0.5) is 11.4 Å². The molecular formula is C31H27N3O5S2. The molecule has 3 aromatic carbocycles. The van der Waals surface area contributed by atoms with Gasteiger partial charge in [-0.25, -0.2) is 4.79 Å². The Morgan fingerprint density at radius 1 is 0.878 bits per heavy atom. The number of thiophene rings is 1. The van der Waals surface area contributed by atoms with Crippen LogP contribution in [0.25, 0.3) is 6.08 Å². The molecule has 1 unspecified atom stereocenters. The lowest BCUT2D eigenvalue weighted by atomic mass is 10.2. The number of carboxylic acids is 1. The molecule has 41 heavy (non-hydrogen) atoms. The average Bonchev–Trinajstić information content (AvgIpc) is 3.49. The molecule has 3 amide bonds. The smallest absolute Gasteiger partial charge is 0.335 e. The number of carbonyl (C=O) groups excluding carboxylic acids is 3. The number of benzene rings is 3. The van der Waals surface area contributed by atoms with Crippen LogP contribution >= 0.6 is 23.1 Å². The average molecular weight is 586 g/mol. The molecule has 4 aromatic rings. The third-order valence-corrected chi connectivity index (χ3v) is 7.85. The van der Waals surface area contributed by atoms with Gasteiger partial charge in [0, 0.05) is 21.8 Å². The fourth-order valence-electron chi connectivity index (χ4n) is 3.75. The lowest BCUT2D eigenvalue weighted by Gasteiger charge is -2.16. The topological polar surface area (TPSA) is 125 Å². The molecule has 0 saturated carbocycles. The quantitative estimate of drug-likeness (QED) is 0.120. The number of anilines is 2. The van der Waals surface area contributed by atoms with Gasteiger partial charge in [0.1, 0.15) is 5.70 Å². The van der Waals surface area contributed by atoms with Crippen LogP contribution in [-0.2, 0) is 9.59 Å². The van der Waals surface area contributed by atoms with Gasteiger partial charge in [-0.1, -0.05) is 37.3 Å². The highest BCUT2D eigenvalue weighted by molar-refractivity contribution is 8.00.